The predicted octanol–water partition coefficient (Wildman–Crippen LogP) is 9.44. The third kappa shape index (κ3) is 18.2. The van der Waals surface area contributed by atoms with E-state index < -0.39 is 5.60 Å². The number of aromatic nitrogens is 6. The Hall–Kier alpha value is -6.97. The lowest BCUT2D eigenvalue weighted by Crippen LogP contribution is -2.38. The van der Waals surface area contributed by atoms with E-state index in [0.717, 1.165) is 66.5 Å². The number of hydrogen-bond acceptors (Lipinski definition) is 14. The summed E-state index contributed by atoms with van der Waals surface area (Å²) in [4.78, 5) is 65.4. The summed E-state index contributed by atoms with van der Waals surface area (Å²) in [6.45, 7) is 8.21. The van der Waals surface area contributed by atoms with Crippen molar-refractivity contribution in [2.75, 3.05) is 52.0 Å². The molecular formula is C54H67N9O6. The molecule has 69 heavy (non-hydrogen) atoms. The van der Waals surface area contributed by atoms with Gasteiger partial charge in [0.25, 0.3) is 0 Å². The molecular weight excluding hydrogens is 871 g/mol. The van der Waals surface area contributed by atoms with Gasteiger partial charge >= 0.3 is 6.09 Å². The normalized spacial score (nSPS) is 11.1. The van der Waals surface area contributed by atoms with Crippen molar-refractivity contribution in [3.63, 3.8) is 0 Å². The minimum atomic E-state index is -0.541. The van der Waals surface area contributed by atoms with Crippen molar-refractivity contribution in [1.82, 2.24) is 34.8 Å². The Kier molecular flexibility index (Phi) is 21.3. The smallest absolute Gasteiger partial charge is 0.410 e. The molecule has 4 heterocycles. The average Bonchev–Trinajstić information content (AvgIpc) is 3.34. The highest BCUT2D eigenvalue weighted by Gasteiger charge is 2.22. The molecule has 15 nitrogen and oxygen atoms in total. The number of unbranched alkanes of at least 4 members (excludes halogenated alkanes) is 4. The molecule has 0 unspecified atom stereocenters. The van der Waals surface area contributed by atoms with Crippen LogP contribution in [0.4, 0.5) is 16.4 Å². The first-order valence-corrected chi connectivity index (χ1v) is 23.6. The molecule has 0 radical (unpaired) electrons. The van der Waals surface area contributed by atoms with Gasteiger partial charge in [-0.15, -0.1) is 0 Å². The summed E-state index contributed by atoms with van der Waals surface area (Å²) in [5, 5.41) is 0. The van der Waals surface area contributed by atoms with Gasteiger partial charge in [-0.25, -0.2) is 24.7 Å². The number of ether oxygens (including phenoxy) is 3. The zero-order valence-electron chi connectivity index (χ0n) is 40.7. The van der Waals surface area contributed by atoms with Crippen LogP contribution < -0.4 is 11.5 Å². The average molecular weight is 938 g/mol. The topological polar surface area (TPSA) is 212 Å². The number of ketones is 2. The fraction of sp³-hybridized carbons (Fsp3) is 0.389. The van der Waals surface area contributed by atoms with Crippen molar-refractivity contribution < 1.29 is 28.6 Å². The largest absolute Gasteiger partial charge is 0.444 e. The fourth-order valence-corrected chi connectivity index (χ4v) is 7.31. The lowest BCUT2D eigenvalue weighted by molar-refractivity contribution is 0.0233. The summed E-state index contributed by atoms with van der Waals surface area (Å²) in [7, 11) is 3.40. The maximum absolute atomic E-state index is 12.8. The molecule has 15 heteroatoms. The second kappa shape index (κ2) is 27.7. The summed E-state index contributed by atoms with van der Waals surface area (Å²) < 4.78 is 15.8. The summed E-state index contributed by atoms with van der Waals surface area (Å²) in [6, 6.07) is 23.5. The molecule has 0 spiro atoms. The van der Waals surface area contributed by atoms with E-state index in [1.54, 1.807) is 68.4 Å². The van der Waals surface area contributed by atoms with Gasteiger partial charge in [0.2, 0.25) is 0 Å². The Bertz CT molecular complexity index is 2500. The maximum Gasteiger partial charge on any atom is 0.410 e. The first kappa shape index (κ1) is 53.0. The second-order valence-corrected chi connectivity index (χ2v) is 17.7. The van der Waals surface area contributed by atoms with Crippen molar-refractivity contribution in [3.05, 3.63) is 144 Å². The van der Waals surface area contributed by atoms with Crippen LogP contribution in [0.1, 0.15) is 109 Å². The van der Waals surface area contributed by atoms with Gasteiger partial charge in [-0.05, 0) is 93.7 Å². The highest BCUT2D eigenvalue weighted by molar-refractivity contribution is 6.00. The van der Waals surface area contributed by atoms with Crippen LogP contribution in [0.2, 0.25) is 0 Å². The van der Waals surface area contributed by atoms with Crippen LogP contribution in [0, 0.1) is 0 Å². The number of carbonyl (C=O) groups excluding carboxylic acids is 3. The molecule has 0 aliphatic rings. The number of methoxy groups -OCH3 is 2. The van der Waals surface area contributed by atoms with Crippen LogP contribution in [0.5, 0.6) is 0 Å². The number of aryl methyl sites for hydroxylation is 2. The van der Waals surface area contributed by atoms with Crippen molar-refractivity contribution in [1.29, 1.82) is 0 Å². The van der Waals surface area contributed by atoms with Gasteiger partial charge in [-0.3, -0.25) is 19.6 Å². The lowest BCUT2D eigenvalue weighted by atomic mass is 10.0. The summed E-state index contributed by atoms with van der Waals surface area (Å²) in [5.41, 5.74) is 18.8. The standard InChI is InChI=1S/C29H37N5O4.C25H30N4O2/c1-29(2,3)38-28(36)34(16-7-17-37-4)15-6-9-21-10-12-23(13-11-21)24-20-32-27(30)26(33-24)25(35)18-22-8-5-14-31-19-22;1-31-15-6-4-2-3-5-8-19-10-12-21(13-11-19)22-18-28-25(26)24(29-22)23(30)16-20-9-7-14-27-17-20/h5,8,10-14,19-20H,6-7,9,15-18H2,1-4H3,(H2,30,32);7,9-14,17-18H,2-6,8,15-16H2,1H3,(H2,26,28). The Morgan fingerprint density at radius 2 is 1.00 bits per heavy atom. The first-order chi connectivity index (χ1) is 33.3. The van der Waals surface area contributed by atoms with Gasteiger partial charge in [0.15, 0.2) is 23.2 Å². The van der Waals surface area contributed by atoms with Gasteiger partial charge in [0.1, 0.15) is 17.0 Å². The molecule has 6 aromatic rings. The number of anilines is 2. The third-order valence-corrected chi connectivity index (χ3v) is 10.9. The van der Waals surface area contributed by atoms with Crippen molar-refractivity contribution in [3.8, 4) is 22.5 Å². The number of benzene rings is 2. The zero-order valence-corrected chi connectivity index (χ0v) is 40.7. The van der Waals surface area contributed by atoms with Crippen LogP contribution in [0.25, 0.3) is 22.5 Å². The second-order valence-electron chi connectivity index (χ2n) is 17.7. The molecule has 0 saturated carbocycles. The molecule has 4 N–H and O–H groups in total. The van der Waals surface area contributed by atoms with Crippen LogP contribution in [0.15, 0.2) is 110 Å². The number of nitrogen functional groups attached to an aromatic ring is 2. The van der Waals surface area contributed by atoms with E-state index in [2.05, 4.69) is 42.0 Å². The van der Waals surface area contributed by atoms with E-state index in [1.807, 2.05) is 69.3 Å². The maximum atomic E-state index is 12.8. The lowest BCUT2D eigenvalue weighted by Gasteiger charge is -2.27. The Morgan fingerprint density at radius 1 is 0.551 bits per heavy atom. The van der Waals surface area contributed by atoms with Crippen molar-refractivity contribution >= 4 is 29.3 Å². The summed E-state index contributed by atoms with van der Waals surface area (Å²) >= 11 is 0. The van der Waals surface area contributed by atoms with Gasteiger partial charge in [-0.1, -0.05) is 79.9 Å². The number of hydrogen-bond donors (Lipinski definition) is 2. The predicted molar refractivity (Wildman–Crippen MR) is 270 cm³/mol. The summed E-state index contributed by atoms with van der Waals surface area (Å²) in [6.07, 6.45) is 19.3. The van der Waals surface area contributed by atoms with Crippen LogP contribution in [-0.2, 0) is 39.9 Å². The highest BCUT2D eigenvalue weighted by atomic mass is 16.6. The molecule has 2 aromatic carbocycles. The van der Waals surface area contributed by atoms with Crippen LogP contribution in [-0.4, -0.2) is 98.6 Å². The van der Waals surface area contributed by atoms with E-state index in [9.17, 15) is 14.4 Å². The summed E-state index contributed by atoms with van der Waals surface area (Å²) in [5.74, 6) is -0.109. The number of amides is 1. The number of Topliss-reactive ketones (excluding diaryl/α,β-unsaturated/α-hetero) is 2. The molecule has 0 atom stereocenters. The molecule has 0 aliphatic heterocycles. The molecule has 0 fully saturated rings. The van der Waals surface area contributed by atoms with Crippen LogP contribution >= 0.6 is 0 Å². The Labute approximate surface area is 406 Å². The number of nitrogens with zero attached hydrogens (tertiary/aromatic N) is 7. The molecule has 1 amide bonds. The molecule has 0 aliphatic carbocycles. The van der Waals surface area contributed by atoms with E-state index in [-0.39, 0.29) is 53.5 Å². The monoisotopic (exact) mass is 938 g/mol. The highest BCUT2D eigenvalue weighted by Crippen LogP contribution is 2.23. The molecule has 0 saturated heterocycles. The molecule has 0 bridgehead atoms. The SMILES string of the molecule is COCCCCCCCc1ccc(-c2cnc(N)c(C(=O)Cc3cccnc3)n2)cc1.COCCCN(CCCc1ccc(-c2cnc(N)c(C(=O)Cc3cccnc3)n2)cc1)C(=O)OC(C)(C)C. The van der Waals surface area contributed by atoms with E-state index in [0.29, 0.717) is 31.1 Å². The molecule has 6 rings (SSSR count). The number of rotatable bonds is 24. The minimum absolute atomic E-state index is 0.110. The Morgan fingerprint density at radius 3 is 1.46 bits per heavy atom. The molecule has 4 aromatic heterocycles. The minimum Gasteiger partial charge on any atom is -0.444 e. The van der Waals surface area contributed by atoms with E-state index >= 15 is 0 Å². The van der Waals surface area contributed by atoms with Gasteiger partial charge in [0.05, 0.1) is 23.8 Å². The Balaban J connectivity index is 0.000000263. The number of nitrogens with two attached hydrogens (primary N) is 2. The number of carbonyl (C=O) groups is 3. The fourth-order valence-electron chi connectivity index (χ4n) is 7.31. The number of pyridine rings is 2. The van der Waals surface area contributed by atoms with Gasteiger partial charge in [-0.2, -0.15) is 0 Å². The quantitative estimate of drug-likeness (QED) is 0.0428. The van der Waals surface area contributed by atoms with Gasteiger partial charge in [0, 0.05) is 89.3 Å². The first-order valence-electron chi connectivity index (χ1n) is 23.6. The van der Waals surface area contributed by atoms with Crippen molar-refractivity contribution in [2.45, 2.75) is 97.0 Å². The third-order valence-electron chi connectivity index (χ3n) is 10.9. The van der Waals surface area contributed by atoms with Crippen LogP contribution in [0.3, 0.4) is 0 Å². The van der Waals surface area contributed by atoms with Gasteiger partial charge < -0.3 is 30.6 Å². The van der Waals surface area contributed by atoms with E-state index in [4.69, 9.17) is 25.7 Å². The van der Waals surface area contributed by atoms with Crippen molar-refractivity contribution in [2.24, 2.45) is 0 Å². The van der Waals surface area contributed by atoms with E-state index in [1.165, 1.54) is 31.2 Å². The molecule has 364 valence electrons. The zero-order chi connectivity index (χ0) is 49.4.